The number of methoxy groups -OCH3 is 2. The number of halogens is 1. The van der Waals surface area contributed by atoms with Gasteiger partial charge >= 0.3 is 0 Å². The molecule has 1 aromatic heterocycles. The smallest absolute Gasteiger partial charge is 0.161 e. The van der Waals surface area contributed by atoms with Crippen molar-refractivity contribution in [1.82, 2.24) is 4.98 Å². The summed E-state index contributed by atoms with van der Waals surface area (Å²) in [4.78, 5) is 4.33. The normalized spacial score (nSPS) is 10.2. The third-order valence-electron chi connectivity index (χ3n) is 2.66. The zero-order valence-electron chi connectivity index (χ0n) is 10.3. The van der Waals surface area contributed by atoms with Crippen molar-refractivity contribution in [1.29, 1.82) is 0 Å². The first-order chi connectivity index (χ1) is 8.78. The average Bonchev–Trinajstić information content (AvgIpc) is 2.46. The quantitative estimate of drug-likeness (QED) is 0.791. The topological polar surface area (TPSA) is 31.4 Å². The van der Waals surface area contributed by atoms with Gasteiger partial charge in [-0.05, 0) is 35.9 Å². The van der Waals surface area contributed by atoms with Gasteiger partial charge < -0.3 is 9.47 Å². The van der Waals surface area contributed by atoms with Gasteiger partial charge in [0.15, 0.2) is 11.5 Å². The van der Waals surface area contributed by atoms with Gasteiger partial charge in [-0.25, -0.2) is 0 Å². The highest BCUT2D eigenvalue weighted by molar-refractivity contribution is 6.17. The Morgan fingerprint density at radius 3 is 2.50 bits per heavy atom. The van der Waals surface area contributed by atoms with Crippen LogP contribution in [0.1, 0.15) is 5.56 Å². The highest BCUT2D eigenvalue weighted by Crippen LogP contribution is 2.31. The van der Waals surface area contributed by atoms with Crippen molar-refractivity contribution in [2.24, 2.45) is 0 Å². The number of hydrogen-bond donors (Lipinski definition) is 0. The van der Waals surface area contributed by atoms with E-state index in [1.54, 1.807) is 20.4 Å². The summed E-state index contributed by atoms with van der Waals surface area (Å²) in [5.74, 6) is 1.87. The van der Waals surface area contributed by atoms with Crippen molar-refractivity contribution in [3.8, 4) is 22.8 Å². The van der Waals surface area contributed by atoms with Crippen molar-refractivity contribution < 1.29 is 9.47 Å². The van der Waals surface area contributed by atoms with E-state index in [-0.39, 0.29) is 0 Å². The molecule has 0 bridgehead atoms. The lowest BCUT2D eigenvalue weighted by atomic mass is 10.1. The minimum absolute atomic E-state index is 0.475. The number of rotatable bonds is 4. The third kappa shape index (κ3) is 2.57. The second-order valence-corrected chi connectivity index (χ2v) is 4.02. The molecule has 0 amide bonds. The van der Waals surface area contributed by atoms with Gasteiger partial charge in [0.1, 0.15) is 0 Å². The van der Waals surface area contributed by atoms with Crippen LogP contribution in [0.2, 0.25) is 0 Å². The summed E-state index contributed by atoms with van der Waals surface area (Å²) in [5, 5.41) is 0. The monoisotopic (exact) mass is 263 g/mol. The lowest BCUT2D eigenvalue weighted by molar-refractivity contribution is 0.355. The fourth-order valence-corrected chi connectivity index (χ4v) is 1.88. The summed E-state index contributed by atoms with van der Waals surface area (Å²) in [6.07, 6.45) is 1.75. The van der Waals surface area contributed by atoms with Crippen LogP contribution in [-0.4, -0.2) is 19.2 Å². The van der Waals surface area contributed by atoms with E-state index < -0.39 is 0 Å². The summed E-state index contributed by atoms with van der Waals surface area (Å²) >= 11 is 5.82. The Morgan fingerprint density at radius 2 is 1.83 bits per heavy atom. The largest absolute Gasteiger partial charge is 0.493 e. The number of benzene rings is 1. The molecule has 1 heterocycles. The molecule has 2 rings (SSSR count). The van der Waals surface area contributed by atoms with Crippen LogP contribution >= 0.6 is 11.6 Å². The van der Waals surface area contributed by atoms with E-state index in [1.165, 1.54) is 0 Å². The number of aromatic nitrogens is 1. The molecule has 0 spiro atoms. The van der Waals surface area contributed by atoms with Crippen molar-refractivity contribution in [3.63, 3.8) is 0 Å². The molecule has 0 saturated heterocycles. The molecule has 0 atom stereocenters. The Balaban J connectivity index is 2.43. The van der Waals surface area contributed by atoms with Gasteiger partial charge in [-0.1, -0.05) is 0 Å². The Labute approximate surface area is 111 Å². The van der Waals surface area contributed by atoms with Crippen LogP contribution in [0, 0.1) is 0 Å². The lowest BCUT2D eigenvalue weighted by Crippen LogP contribution is -1.92. The van der Waals surface area contributed by atoms with Crippen molar-refractivity contribution >= 4 is 11.6 Å². The molecule has 1 aromatic carbocycles. The molecule has 0 aliphatic heterocycles. The maximum atomic E-state index is 5.82. The fourth-order valence-electron chi connectivity index (χ4n) is 1.71. The maximum absolute atomic E-state index is 5.82. The van der Waals surface area contributed by atoms with Crippen LogP contribution in [0.25, 0.3) is 11.3 Å². The van der Waals surface area contributed by atoms with Gasteiger partial charge in [-0.3, -0.25) is 4.98 Å². The van der Waals surface area contributed by atoms with Gasteiger partial charge in [-0.2, -0.15) is 0 Å². The number of pyridine rings is 1. The third-order valence-corrected chi connectivity index (χ3v) is 2.97. The van der Waals surface area contributed by atoms with E-state index in [1.807, 2.05) is 30.3 Å². The summed E-state index contributed by atoms with van der Waals surface area (Å²) in [7, 11) is 3.23. The molecule has 0 aliphatic rings. The molecule has 94 valence electrons. The van der Waals surface area contributed by atoms with E-state index in [0.717, 1.165) is 16.8 Å². The van der Waals surface area contributed by atoms with Crippen LogP contribution in [0.15, 0.2) is 36.5 Å². The Bertz CT molecular complexity index is 543. The molecular weight excluding hydrogens is 250 g/mol. The van der Waals surface area contributed by atoms with Crippen LogP contribution < -0.4 is 9.47 Å². The highest BCUT2D eigenvalue weighted by atomic mass is 35.5. The van der Waals surface area contributed by atoms with Gasteiger partial charge in [0.05, 0.1) is 19.9 Å². The molecule has 0 unspecified atom stereocenters. The Hall–Kier alpha value is -1.74. The van der Waals surface area contributed by atoms with E-state index in [9.17, 15) is 0 Å². The van der Waals surface area contributed by atoms with Crippen molar-refractivity contribution in [3.05, 3.63) is 42.1 Å². The van der Waals surface area contributed by atoms with Gasteiger partial charge in [0, 0.05) is 17.6 Å². The molecular formula is C14H14ClNO2. The second-order valence-electron chi connectivity index (χ2n) is 3.75. The van der Waals surface area contributed by atoms with Gasteiger partial charge in [0.2, 0.25) is 0 Å². The zero-order valence-corrected chi connectivity index (χ0v) is 11.1. The summed E-state index contributed by atoms with van der Waals surface area (Å²) < 4.78 is 10.5. The van der Waals surface area contributed by atoms with Crippen molar-refractivity contribution in [2.75, 3.05) is 14.2 Å². The predicted octanol–water partition coefficient (Wildman–Crippen LogP) is 3.50. The van der Waals surface area contributed by atoms with Crippen molar-refractivity contribution in [2.45, 2.75) is 5.88 Å². The predicted molar refractivity (Wildman–Crippen MR) is 72.3 cm³/mol. The van der Waals surface area contributed by atoms with E-state index in [4.69, 9.17) is 21.1 Å². The van der Waals surface area contributed by atoms with E-state index >= 15 is 0 Å². The van der Waals surface area contributed by atoms with E-state index in [2.05, 4.69) is 4.98 Å². The Morgan fingerprint density at radius 1 is 1.06 bits per heavy atom. The number of alkyl halides is 1. The van der Waals surface area contributed by atoms with Crippen LogP contribution in [-0.2, 0) is 5.88 Å². The molecule has 3 nitrogen and oxygen atoms in total. The van der Waals surface area contributed by atoms with Gasteiger partial charge in [0.25, 0.3) is 0 Å². The minimum Gasteiger partial charge on any atom is -0.493 e. The first kappa shape index (κ1) is 12.7. The summed E-state index contributed by atoms with van der Waals surface area (Å²) in [5.41, 5.74) is 2.88. The number of hydrogen-bond acceptors (Lipinski definition) is 3. The SMILES string of the molecule is COc1ccc(-c2cc(CCl)ccn2)cc1OC. The van der Waals surface area contributed by atoms with Crippen LogP contribution in [0.3, 0.4) is 0 Å². The molecule has 0 radical (unpaired) electrons. The number of nitrogens with zero attached hydrogens (tertiary/aromatic N) is 1. The van der Waals surface area contributed by atoms with E-state index in [0.29, 0.717) is 17.4 Å². The standard InChI is InChI=1S/C14H14ClNO2/c1-17-13-4-3-11(8-14(13)18-2)12-7-10(9-15)5-6-16-12/h3-8H,9H2,1-2H3. The molecule has 0 N–H and O–H groups in total. The second kappa shape index (κ2) is 5.74. The summed E-state index contributed by atoms with van der Waals surface area (Å²) in [6.45, 7) is 0. The molecule has 2 aromatic rings. The van der Waals surface area contributed by atoms with Crippen LogP contribution in [0.4, 0.5) is 0 Å². The highest BCUT2D eigenvalue weighted by Gasteiger charge is 2.07. The molecule has 4 heteroatoms. The average molecular weight is 264 g/mol. The lowest BCUT2D eigenvalue weighted by Gasteiger charge is -2.09. The fraction of sp³-hybridized carbons (Fsp3) is 0.214. The Kier molecular flexibility index (Phi) is 4.05. The summed E-state index contributed by atoms with van der Waals surface area (Å²) in [6, 6.07) is 9.58. The molecule has 18 heavy (non-hydrogen) atoms. The number of ether oxygens (including phenoxy) is 2. The molecule has 0 saturated carbocycles. The van der Waals surface area contributed by atoms with Gasteiger partial charge in [-0.15, -0.1) is 11.6 Å². The molecule has 0 aliphatic carbocycles. The first-order valence-corrected chi connectivity index (χ1v) is 6.05. The zero-order chi connectivity index (χ0) is 13.0. The molecule has 0 fully saturated rings. The first-order valence-electron chi connectivity index (χ1n) is 5.51. The maximum Gasteiger partial charge on any atom is 0.161 e. The van der Waals surface area contributed by atoms with Crippen LogP contribution in [0.5, 0.6) is 11.5 Å². The minimum atomic E-state index is 0.475.